The lowest BCUT2D eigenvalue weighted by Gasteiger charge is -2.31. The van der Waals surface area contributed by atoms with Gasteiger partial charge in [0, 0.05) is 24.3 Å². The first-order valence-corrected chi connectivity index (χ1v) is 21.2. The van der Waals surface area contributed by atoms with Crippen molar-refractivity contribution in [3.8, 4) is 18.1 Å². The Morgan fingerprint density at radius 2 is 1.73 bits per heavy atom. The average molecular weight is 910 g/mol. The number of furan rings is 1. The summed E-state index contributed by atoms with van der Waals surface area (Å²) in [6.07, 6.45) is 9.64. The van der Waals surface area contributed by atoms with E-state index in [1.54, 1.807) is 45.1 Å². The summed E-state index contributed by atoms with van der Waals surface area (Å²) in [5.74, 6) is 1.03. The van der Waals surface area contributed by atoms with E-state index in [2.05, 4.69) is 18.9 Å². The van der Waals surface area contributed by atoms with Crippen LogP contribution in [-0.2, 0) is 35.1 Å². The molecule has 6 rings (SSSR count). The molecule has 1 fully saturated rings. The number of imide groups is 1. The summed E-state index contributed by atoms with van der Waals surface area (Å²) in [5, 5.41) is 0.0233. The Balaban J connectivity index is 0.000000202. The van der Waals surface area contributed by atoms with Gasteiger partial charge in [0.1, 0.15) is 35.0 Å². The van der Waals surface area contributed by atoms with Crippen molar-refractivity contribution >= 4 is 81.4 Å². The van der Waals surface area contributed by atoms with E-state index in [0.29, 0.717) is 42.9 Å². The zero-order chi connectivity index (χ0) is 44.5. The molecule has 0 bridgehead atoms. The molecule has 3 aromatic rings. The van der Waals surface area contributed by atoms with E-state index in [0.717, 1.165) is 47.0 Å². The minimum atomic E-state index is -1.08. The second-order valence-electron chi connectivity index (χ2n) is 14.7. The maximum absolute atomic E-state index is 14.4. The summed E-state index contributed by atoms with van der Waals surface area (Å²) in [4.78, 5) is 52.2. The van der Waals surface area contributed by atoms with Crippen LogP contribution in [0, 0.1) is 25.1 Å². The van der Waals surface area contributed by atoms with Crippen molar-refractivity contribution in [2.75, 3.05) is 35.9 Å². The second-order valence-corrected chi connectivity index (χ2v) is 16.5. The van der Waals surface area contributed by atoms with Crippen LogP contribution in [-0.4, -0.2) is 77.4 Å². The first-order chi connectivity index (χ1) is 28.4. The minimum Gasteiger partial charge on any atom is -0.476 e. The molecule has 324 valence electrons. The lowest BCUT2D eigenvalue weighted by atomic mass is 9.93. The maximum atomic E-state index is 14.4. The van der Waals surface area contributed by atoms with E-state index in [4.69, 9.17) is 71.5 Å². The van der Waals surface area contributed by atoms with Crippen molar-refractivity contribution < 1.29 is 42.2 Å². The predicted molar refractivity (Wildman–Crippen MR) is 232 cm³/mol. The number of hydrogen-bond donors (Lipinski definition) is 0. The number of rotatable bonds is 11. The van der Waals surface area contributed by atoms with Crippen molar-refractivity contribution in [1.29, 1.82) is 0 Å². The van der Waals surface area contributed by atoms with Gasteiger partial charge in [0.05, 0.1) is 41.9 Å². The van der Waals surface area contributed by atoms with Gasteiger partial charge in [0.15, 0.2) is 10.9 Å². The van der Waals surface area contributed by atoms with Gasteiger partial charge in [-0.1, -0.05) is 65.8 Å². The molecule has 3 atom stereocenters. The van der Waals surface area contributed by atoms with Crippen LogP contribution in [0.15, 0.2) is 64.3 Å². The number of halogens is 5. The molecule has 2 aromatic carbocycles. The van der Waals surface area contributed by atoms with E-state index in [9.17, 15) is 23.6 Å². The van der Waals surface area contributed by atoms with Crippen molar-refractivity contribution in [2.45, 2.75) is 102 Å². The van der Waals surface area contributed by atoms with Gasteiger partial charge in [-0.2, -0.15) is 0 Å². The summed E-state index contributed by atoms with van der Waals surface area (Å²) in [6.45, 7) is 12.2. The Morgan fingerprint density at radius 1 is 1.08 bits per heavy atom. The summed E-state index contributed by atoms with van der Waals surface area (Å²) < 4.78 is 36.0. The third-order valence-corrected chi connectivity index (χ3v) is 11.0. The molecule has 16 heteroatoms. The van der Waals surface area contributed by atoms with E-state index < -0.39 is 34.3 Å². The normalized spacial score (nSPS) is 17.9. The molecular weight excluding hydrogens is 859 g/mol. The highest BCUT2D eigenvalue weighted by Gasteiger charge is 2.45. The van der Waals surface area contributed by atoms with Gasteiger partial charge >= 0.3 is 0 Å². The second kappa shape index (κ2) is 21.6. The number of anilines is 2. The molecule has 11 nitrogen and oxygen atoms in total. The van der Waals surface area contributed by atoms with Crippen LogP contribution in [0.3, 0.4) is 0 Å². The van der Waals surface area contributed by atoms with E-state index in [1.165, 1.54) is 11.0 Å². The van der Waals surface area contributed by atoms with Crippen LogP contribution in [0.1, 0.15) is 83.3 Å². The number of methoxy groups -OCH3 is 1. The third-order valence-electron chi connectivity index (χ3n) is 10.1. The molecule has 1 aromatic heterocycles. The molecule has 2 aliphatic heterocycles. The standard InChI is InChI=1S/C18H15ClFNO3.C15H22ClNO2.C11H13Cl2NO3/c1-3-10(2)24-16-9-15(14(20)8-13(16)19)21-17(22)11-6-4-5-7-12(11)18(21)23;1-5-13-8-6-7-11(2)15(13)17(14(18)9-16)12(3)10-19-4;1-11(2)14(10(15)9(12)13)6-8(17-11)7-4-3-5-16-7/h1,8-10H,4-7H2,2H3;6-8,12H,5,9-10H2,1-4H3;3-5,8-9H,6H2,1-2H3. The first-order valence-electron chi connectivity index (χ1n) is 19.4. The van der Waals surface area contributed by atoms with Crippen LogP contribution < -0.4 is 14.5 Å². The Labute approximate surface area is 371 Å². The highest BCUT2D eigenvalue weighted by molar-refractivity contribution is 6.53. The number of hydrogen-bond acceptors (Lipinski definition) is 8. The summed E-state index contributed by atoms with van der Waals surface area (Å²) in [5.41, 5.74) is 3.28. The Kier molecular flexibility index (Phi) is 17.5. The number of terminal acetylenes is 1. The van der Waals surface area contributed by atoms with E-state index >= 15 is 0 Å². The van der Waals surface area contributed by atoms with Crippen LogP contribution >= 0.6 is 46.4 Å². The summed E-state index contributed by atoms with van der Waals surface area (Å²) in [6, 6.07) is 11.9. The fourth-order valence-corrected chi connectivity index (χ4v) is 7.77. The fraction of sp³-hybridized carbons (Fsp3) is 0.455. The van der Waals surface area contributed by atoms with Gasteiger partial charge in [-0.3, -0.25) is 19.2 Å². The molecule has 3 heterocycles. The van der Waals surface area contributed by atoms with Crippen LogP contribution in [0.4, 0.5) is 15.8 Å². The summed E-state index contributed by atoms with van der Waals surface area (Å²) in [7, 11) is 1.64. The molecule has 1 aliphatic carbocycles. The number of carbonyl (C=O) groups excluding carboxylic acids is 4. The number of ether oxygens (including phenoxy) is 3. The molecule has 1 saturated heterocycles. The van der Waals surface area contributed by atoms with E-state index in [1.807, 2.05) is 32.0 Å². The molecule has 0 N–H and O–H groups in total. The smallest absolute Gasteiger partial charge is 0.261 e. The van der Waals surface area contributed by atoms with Crippen molar-refractivity contribution in [3.05, 3.63) is 87.6 Å². The predicted octanol–water partition coefficient (Wildman–Crippen LogP) is 9.51. The van der Waals surface area contributed by atoms with Gasteiger partial charge in [-0.25, -0.2) is 9.29 Å². The number of nitrogens with zero attached hydrogens (tertiary/aromatic N) is 3. The molecule has 3 aliphatic rings. The van der Waals surface area contributed by atoms with Crippen LogP contribution in [0.5, 0.6) is 5.75 Å². The highest BCUT2D eigenvalue weighted by atomic mass is 35.5. The molecule has 0 radical (unpaired) electrons. The molecule has 0 spiro atoms. The molecule has 4 amide bonds. The third kappa shape index (κ3) is 11.2. The van der Waals surface area contributed by atoms with Gasteiger partial charge in [0.2, 0.25) is 5.91 Å². The monoisotopic (exact) mass is 907 g/mol. The van der Waals surface area contributed by atoms with Gasteiger partial charge in [0.25, 0.3) is 17.7 Å². The zero-order valence-corrected chi connectivity index (χ0v) is 37.7. The lowest BCUT2D eigenvalue weighted by molar-refractivity contribution is -0.144. The maximum Gasteiger partial charge on any atom is 0.261 e. The van der Waals surface area contributed by atoms with Gasteiger partial charge < -0.3 is 28.4 Å². The average Bonchev–Trinajstić information content (AvgIpc) is 3.93. The number of amides is 4. The molecular formula is C44H50Cl4FN3O8. The van der Waals surface area contributed by atoms with Crippen LogP contribution in [0.2, 0.25) is 5.02 Å². The van der Waals surface area contributed by atoms with Crippen molar-refractivity contribution in [1.82, 2.24) is 4.90 Å². The number of carbonyl (C=O) groups is 4. The summed E-state index contributed by atoms with van der Waals surface area (Å²) >= 11 is 22.9. The fourth-order valence-electron chi connectivity index (χ4n) is 7.21. The number of benzene rings is 2. The quantitative estimate of drug-likeness (QED) is 0.106. The molecule has 60 heavy (non-hydrogen) atoms. The Bertz CT molecular complexity index is 2070. The highest BCUT2D eigenvalue weighted by Crippen LogP contribution is 2.40. The number of aryl methyl sites for hydroxylation is 2. The van der Waals surface area contributed by atoms with Crippen molar-refractivity contribution in [2.24, 2.45) is 0 Å². The van der Waals surface area contributed by atoms with Crippen molar-refractivity contribution in [3.63, 3.8) is 0 Å². The zero-order valence-electron chi connectivity index (χ0n) is 34.7. The topological polar surface area (TPSA) is 119 Å². The minimum absolute atomic E-state index is 0.0223. The van der Waals surface area contributed by atoms with Crippen LogP contribution in [0.25, 0.3) is 0 Å². The molecule has 3 unspecified atom stereocenters. The first kappa shape index (κ1) is 48.6. The number of alkyl halides is 3. The van der Waals surface area contributed by atoms with E-state index in [-0.39, 0.29) is 46.3 Å². The Hall–Kier alpha value is -4.09. The number of para-hydroxylation sites is 1. The SMILES string of the molecule is C#CC(C)Oc1cc(N2C(=O)C3=C(CCCC3)C2=O)c(F)cc1Cl.CC1(C)OC(c2ccco2)CN1C(=O)C(Cl)Cl.CCc1cccc(C)c1N(C(=O)CCl)C(C)COC. The van der Waals surface area contributed by atoms with Gasteiger partial charge in [-0.15, -0.1) is 18.0 Å². The van der Waals surface area contributed by atoms with Gasteiger partial charge in [-0.05, 0) is 96.0 Å². The lowest BCUT2D eigenvalue weighted by Crippen LogP contribution is -2.45. The molecule has 0 saturated carbocycles. The largest absolute Gasteiger partial charge is 0.476 e. The Morgan fingerprint density at radius 3 is 2.27 bits per heavy atom.